The van der Waals surface area contributed by atoms with Crippen LogP contribution in [0.5, 0.6) is 5.75 Å². The van der Waals surface area contributed by atoms with E-state index in [-0.39, 0.29) is 5.97 Å². The third-order valence-corrected chi connectivity index (χ3v) is 6.31. The molecule has 7 heteroatoms. The van der Waals surface area contributed by atoms with Crippen LogP contribution in [-0.2, 0) is 9.47 Å². The van der Waals surface area contributed by atoms with Gasteiger partial charge in [0, 0.05) is 24.8 Å². The molecule has 0 spiro atoms. The predicted octanol–water partition coefficient (Wildman–Crippen LogP) is 7.22. The Bertz CT molecular complexity index is 1270. The van der Waals surface area contributed by atoms with E-state index in [2.05, 4.69) is 22.3 Å². The number of esters is 1. The Morgan fingerprint density at radius 2 is 1.11 bits per heavy atom. The summed E-state index contributed by atoms with van der Waals surface area (Å²) in [5.74, 6) is 1.32. The highest BCUT2D eigenvalue weighted by atomic mass is 16.5. The first kappa shape index (κ1) is 27.1. The molecule has 38 heavy (non-hydrogen) atoms. The zero-order valence-electron chi connectivity index (χ0n) is 22.0. The number of hydrogen-bond donors (Lipinski definition) is 0. The zero-order valence-corrected chi connectivity index (χ0v) is 22.0. The molecule has 4 rings (SSSR count). The van der Waals surface area contributed by atoms with Crippen LogP contribution in [0.2, 0.25) is 0 Å². The van der Waals surface area contributed by atoms with Gasteiger partial charge in [0.15, 0.2) is 0 Å². The number of carbonyl (C=O) groups is 1. The van der Waals surface area contributed by atoms with Gasteiger partial charge >= 0.3 is 5.97 Å². The van der Waals surface area contributed by atoms with E-state index in [0.29, 0.717) is 17.3 Å². The highest BCUT2D eigenvalue weighted by Gasteiger charge is 2.12. The summed E-state index contributed by atoms with van der Waals surface area (Å²) in [5, 5.41) is 8.34. The third-order valence-electron chi connectivity index (χ3n) is 6.31. The van der Waals surface area contributed by atoms with Crippen molar-refractivity contribution >= 4 is 5.97 Å². The quantitative estimate of drug-likeness (QED) is 0.130. The zero-order chi connectivity index (χ0) is 26.6. The van der Waals surface area contributed by atoms with Crippen LogP contribution >= 0.6 is 0 Å². The van der Waals surface area contributed by atoms with Crippen molar-refractivity contribution in [1.82, 2.24) is 10.2 Å². The molecule has 198 valence electrons. The molecule has 0 aliphatic carbocycles. The summed E-state index contributed by atoms with van der Waals surface area (Å²) >= 11 is 0. The van der Waals surface area contributed by atoms with Crippen molar-refractivity contribution in [3.05, 3.63) is 78.4 Å². The summed E-state index contributed by atoms with van der Waals surface area (Å²) in [6, 6.07) is 23.0. The number of benzene rings is 3. The molecular weight excluding hydrogens is 480 g/mol. The molecule has 1 heterocycles. The number of ether oxygens (including phenoxy) is 3. The van der Waals surface area contributed by atoms with Gasteiger partial charge in [-0.2, -0.15) is 0 Å². The van der Waals surface area contributed by atoms with Crippen molar-refractivity contribution in [2.75, 3.05) is 27.4 Å². The molecule has 7 nitrogen and oxygen atoms in total. The number of hydrogen-bond acceptors (Lipinski definition) is 7. The van der Waals surface area contributed by atoms with Gasteiger partial charge in [-0.1, -0.05) is 49.9 Å². The smallest absolute Gasteiger partial charge is 0.337 e. The molecule has 0 bridgehead atoms. The van der Waals surface area contributed by atoms with Crippen LogP contribution in [0.25, 0.3) is 34.0 Å². The molecule has 4 aromatic rings. The molecule has 0 saturated heterocycles. The summed E-state index contributed by atoms with van der Waals surface area (Å²) in [6.07, 6.45) is 7.16. The van der Waals surface area contributed by atoms with Gasteiger partial charge in [0.25, 0.3) is 0 Å². The summed E-state index contributed by atoms with van der Waals surface area (Å²) in [7, 11) is 3.11. The Morgan fingerprint density at radius 3 is 1.66 bits per heavy atom. The molecule has 0 N–H and O–H groups in total. The standard InChI is InChI=1S/C31H34N2O5/c1-35-21-7-5-3-4-6-8-22-37-28-19-17-24(18-20-28)23-9-11-25(12-10-23)29-32-33-30(38-29)26-13-15-27(16-14-26)31(34)36-2/h9-20H,3-8,21-22H2,1-2H3. The molecule has 1 aromatic heterocycles. The first-order chi connectivity index (χ1) is 18.7. The molecule has 0 amide bonds. The highest BCUT2D eigenvalue weighted by Crippen LogP contribution is 2.28. The second-order valence-corrected chi connectivity index (χ2v) is 9.05. The molecule has 0 saturated carbocycles. The maximum atomic E-state index is 11.6. The fourth-order valence-electron chi connectivity index (χ4n) is 4.12. The van der Waals surface area contributed by atoms with E-state index in [1.54, 1.807) is 31.4 Å². The summed E-state index contributed by atoms with van der Waals surface area (Å²) in [5.41, 5.74) is 4.22. The third kappa shape index (κ3) is 7.52. The van der Waals surface area contributed by atoms with E-state index in [1.165, 1.54) is 32.8 Å². The maximum absolute atomic E-state index is 11.6. The Balaban J connectivity index is 1.27. The average molecular weight is 515 g/mol. The fraction of sp³-hybridized carbons (Fsp3) is 0.323. The van der Waals surface area contributed by atoms with Gasteiger partial charge in [0.05, 0.1) is 19.3 Å². The molecular formula is C31H34N2O5. The van der Waals surface area contributed by atoms with Gasteiger partial charge in [0.2, 0.25) is 11.8 Å². The summed E-state index contributed by atoms with van der Waals surface area (Å²) in [6.45, 7) is 1.60. The Hall–Kier alpha value is -3.97. The molecule has 0 radical (unpaired) electrons. The summed E-state index contributed by atoms with van der Waals surface area (Å²) in [4.78, 5) is 11.6. The van der Waals surface area contributed by atoms with Gasteiger partial charge in [-0.15, -0.1) is 10.2 Å². The van der Waals surface area contributed by atoms with Crippen LogP contribution in [0, 0.1) is 0 Å². The lowest BCUT2D eigenvalue weighted by atomic mass is 10.0. The molecule has 0 aliphatic heterocycles. The van der Waals surface area contributed by atoms with Crippen molar-refractivity contribution in [2.24, 2.45) is 0 Å². The first-order valence-corrected chi connectivity index (χ1v) is 13.0. The van der Waals surface area contributed by atoms with E-state index in [0.717, 1.165) is 54.1 Å². The molecule has 0 aliphatic rings. The molecule has 0 unspecified atom stereocenters. The minimum absolute atomic E-state index is 0.387. The van der Waals surface area contributed by atoms with Crippen LogP contribution in [0.1, 0.15) is 48.9 Å². The van der Waals surface area contributed by atoms with Crippen molar-refractivity contribution in [2.45, 2.75) is 38.5 Å². The van der Waals surface area contributed by atoms with Crippen LogP contribution in [-0.4, -0.2) is 43.6 Å². The van der Waals surface area contributed by atoms with E-state index >= 15 is 0 Å². The van der Waals surface area contributed by atoms with Crippen LogP contribution in [0.3, 0.4) is 0 Å². The second kappa shape index (κ2) is 14.1. The highest BCUT2D eigenvalue weighted by molar-refractivity contribution is 5.89. The number of unbranched alkanes of at least 4 members (excludes halogenated alkanes) is 5. The molecule has 0 fully saturated rings. The fourth-order valence-corrected chi connectivity index (χ4v) is 4.12. The van der Waals surface area contributed by atoms with E-state index in [9.17, 15) is 4.79 Å². The van der Waals surface area contributed by atoms with Crippen LogP contribution < -0.4 is 4.74 Å². The second-order valence-electron chi connectivity index (χ2n) is 9.05. The monoisotopic (exact) mass is 514 g/mol. The van der Waals surface area contributed by atoms with Crippen LogP contribution in [0.15, 0.2) is 77.2 Å². The van der Waals surface area contributed by atoms with Gasteiger partial charge in [-0.25, -0.2) is 4.79 Å². The Morgan fingerprint density at radius 1 is 0.632 bits per heavy atom. The van der Waals surface area contributed by atoms with Crippen molar-refractivity contribution < 1.29 is 23.4 Å². The lowest BCUT2D eigenvalue weighted by molar-refractivity contribution is 0.0600. The lowest BCUT2D eigenvalue weighted by Gasteiger charge is -2.08. The largest absolute Gasteiger partial charge is 0.494 e. The molecule has 3 aromatic carbocycles. The number of methoxy groups -OCH3 is 2. The predicted molar refractivity (Wildman–Crippen MR) is 147 cm³/mol. The number of rotatable bonds is 14. The number of nitrogens with zero attached hydrogens (tertiary/aromatic N) is 2. The maximum Gasteiger partial charge on any atom is 0.337 e. The minimum atomic E-state index is -0.388. The van der Waals surface area contributed by atoms with E-state index in [1.807, 2.05) is 36.4 Å². The Kier molecular flexibility index (Phi) is 10.0. The van der Waals surface area contributed by atoms with Crippen molar-refractivity contribution in [1.29, 1.82) is 0 Å². The first-order valence-electron chi connectivity index (χ1n) is 13.0. The topological polar surface area (TPSA) is 83.7 Å². The SMILES string of the molecule is COCCCCCCCCOc1ccc(-c2ccc(-c3nnc(-c4ccc(C(=O)OC)cc4)o3)cc2)cc1. The van der Waals surface area contributed by atoms with Gasteiger partial charge in [-0.3, -0.25) is 0 Å². The average Bonchev–Trinajstić information content (AvgIpc) is 3.47. The van der Waals surface area contributed by atoms with Gasteiger partial charge in [0.1, 0.15) is 5.75 Å². The van der Waals surface area contributed by atoms with E-state index < -0.39 is 0 Å². The minimum Gasteiger partial charge on any atom is -0.494 e. The summed E-state index contributed by atoms with van der Waals surface area (Å²) < 4.78 is 21.6. The van der Waals surface area contributed by atoms with Crippen molar-refractivity contribution in [3.8, 4) is 39.8 Å². The van der Waals surface area contributed by atoms with Gasteiger partial charge < -0.3 is 18.6 Å². The Labute approximate surface area is 223 Å². The number of carbonyl (C=O) groups excluding carboxylic acids is 1. The van der Waals surface area contributed by atoms with Gasteiger partial charge in [-0.05, 0) is 72.5 Å². The van der Waals surface area contributed by atoms with Crippen molar-refractivity contribution in [3.63, 3.8) is 0 Å². The van der Waals surface area contributed by atoms with Crippen LogP contribution in [0.4, 0.5) is 0 Å². The normalized spacial score (nSPS) is 10.9. The lowest BCUT2D eigenvalue weighted by Crippen LogP contribution is -2.00. The van der Waals surface area contributed by atoms with E-state index in [4.69, 9.17) is 18.6 Å². The number of aromatic nitrogens is 2. The molecule has 0 atom stereocenters.